The van der Waals surface area contributed by atoms with Gasteiger partial charge in [0.05, 0.1) is 6.10 Å². The average molecular weight is 296 g/mol. The van der Waals surface area contributed by atoms with E-state index >= 15 is 0 Å². The molecule has 2 aromatic carbocycles. The van der Waals surface area contributed by atoms with Crippen LogP contribution in [0.5, 0.6) is 5.75 Å². The highest BCUT2D eigenvalue weighted by molar-refractivity contribution is 5.33. The van der Waals surface area contributed by atoms with Gasteiger partial charge in [0.1, 0.15) is 5.75 Å². The fourth-order valence-electron chi connectivity index (χ4n) is 2.07. The molecular weight excluding hydrogens is 281 g/mol. The van der Waals surface area contributed by atoms with Crippen molar-refractivity contribution in [2.45, 2.75) is 25.3 Å². The molecule has 0 aliphatic heterocycles. The third kappa shape index (κ3) is 4.79. The molecule has 1 unspecified atom stereocenters. The fourth-order valence-corrected chi connectivity index (χ4v) is 2.07. The number of hydrogen-bond acceptors (Lipinski definition) is 2. The molecule has 0 bridgehead atoms. The number of alkyl halides is 3. The van der Waals surface area contributed by atoms with Gasteiger partial charge in [-0.15, -0.1) is 13.2 Å². The minimum absolute atomic E-state index is 0.217. The SMILES string of the molecule is OC(CCc1ccccc1OC(F)(F)F)c1ccccc1. The van der Waals surface area contributed by atoms with Crippen LogP contribution in [-0.4, -0.2) is 11.5 Å². The highest BCUT2D eigenvalue weighted by atomic mass is 19.4. The zero-order chi connectivity index (χ0) is 15.3. The molecule has 0 aliphatic rings. The Labute approximate surface area is 120 Å². The summed E-state index contributed by atoms with van der Waals surface area (Å²) >= 11 is 0. The highest BCUT2D eigenvalue weighted by Gasteiger charge is 2.31. The number of aryl methyl sites for hydroxylation is 1. The number of benzene rings is 2. The number of ether oxygens (including phenoxy) is 1. The van der Waals surface area contributed by atoms with Gasteiger partial charge in [-0.1, -0.05) is 48.5 Å². The molecule has 0 aliphatic carbocycles. The van der Waals surface area contributed by atoms with Crippen LogP contribution >= 0.6 is 0 Å². The Hall–Kier alpha value is -2.01. The van der Waals surface area contributed by atoms with Crippen molar-refractivity contribution in [2.75, 3.05) is 0 Å². The Kier molecular flexibility index (Phi) is 4.85. The number of para-hydroxylation sites is 1. The van der Waals surface area contributed by atoms with E-state index in [0.717, 1.165) is 5.56 Å². The van der Waals surface area contributed by atoms with Gasteiger partial charge in [0.15, 0.2) is 0 Å². The van der Waals surface area contributed by atoms with Gasteiger partial charge in [-0.05, 0) is 30.0 Å². The predicted octanol–water partition coefficient (Wildman–Crippen LogP) is 4.25. The Morgan fingerprint density at radius 3 is 2.24 bits per heavy atom. The Bertz CT molecular complexity index is 567. The maximum absolute atomic E-state index is 12.3. The van der Waals surface area contributed by atoms with Gasteiger partial charge in [-0.2, -0.15) is 0 Å². The van der Waals surface area contributed by atoms with Crippen molar-refractivity contribution < 1.29 is 23.0 Å². The van der Waals surface area contributed by atoms with E-state index in [4.69, 9.17) is 0 Å². The van der Waals surface area contributed by atoms with Crippen LogP contribution in [0.25, 0.3) is 0 Å². The molecule has 5 heteroatoms. The molecular formula is C16H15F3O2. The van der Waals surface area contributed by atoms with Gasteiger partial charge in [-0.25, -0.2) is 0 Å². The smallest absolute Gasteiger partial charge is 0.406 e. The molecule has 0 radical (unpaired) electrons. The summed E-state index contributed by atoms with van der Waals surface area (Å²) in [6.07, 6.45) is -4.82. The average Bonchev–Trinajstić information content (AvgIpc) is 2.45. The quantitative estimate of drug-likeness (QED) is 0.893. The molecule has 0 heterocycles. The molecule has 2 nitrogen and oxygen atoms in total. The van der Waals surface area contributed by atoms with E-state index in [1.165, 1.54) is 12.1 Å². The Balaban J connectivity index is 2.03. The lowest BCUT2D eigenvalue weighted by Gasteiger charge is -2.15. The molecule has 0 saturated carbocycles. The first-order chi connectivity index (χ1) is 9.96. The molecule has 2 rings (SSSR count). The van der Waals surface area contributed by atoms with Gasteiger partial charge in [0.25, 0.3) is 0 Å². The van der Waals surface area contributed by atoms with Crippen LogP contribution in [0, 0.1) is 0 Å². The van der Waals surface area contributed by atoms with Crippen molar-refractivity contribution in [1.29, 1.82) is 0 Å². The number of aliphatic hydroxyl groups is 1. The van der Waals surface area contributed by atoms with Gasteiger partial charge in [0, 0.05) is 0 Å². The monoisotopic (exact) mass is 296 g/mol. The molecule has 0 fully saturated rings. The van der Waals surface area contributed by atoms with Gasteiger partial charge >= 0.3 is 6.36 Å². The molecule has 0 aromatic heterocycles. The first-order valence-electron chi connectivity index (χ1n) is 6.52. The van der Waals surface area contributed by atoms with Gasteiger partial charge in [-0.3, -0.25) is 0 Å². The number of aliphatic hydroxyl groups excluding tert-OH is 1. The van der Waals surface area contributed by atoms with E-state index < -0.39 is 12.5 Å². The lowest BCUT2D eigenvalue weighted by Crippen LogP contribution is -2.18. The van der Waals surface area contributed by atoms with E-state index in [1.807, 2.05) is 6.07 Å². The van der Waals surface area contributed by atoms with Crippen LogP contribution in [0.1, 0.15) is 23.7 Å². The second kappa shape index (κ2) is 6.63. The van der Waals surface area contributed by atoms with Crippen LogP contribution in [0.2, 0.25) is 0 Å². The summed E-state index contributed by atoms with van der Waals surface area (Å²) in [7, 11) is 0. The van der Waals surface area contributed by atoms with Crippen LogP contribution in [0.3, 0.4) is 0 Å². The minimum atomic E-state index is -4.71. The normalized spacial score (nSPS) is 13.0. The number of rotatable bonds is 5. The molecule has 0 spiro atoms. The van der Waals surface area contributed by atoms with E-state index in [1.54, 1.807) is 36.4 Å². The zero-order valence-electron chi connectivity index (χ0n) is 11.2. The second-order valence-electron chi connectivity index (χ2n) is 4.62. The summed E-state index contributed by atoms with van der Waals surface area (Å²) in [6.45, 7) is 0. The molecule has 21 heavy (non-hydrogen) atoms. The summed E-state index contributed by atoms with van der Waals surface area (Å²) < 4.78 is 40.9. The highest BCUT2D eigenvalue weighted by Crippen LogP contribution is 2.28. The van der Waals surface area contributed by atoms with Crippen molar-refractivity contribution in [2.24, 2.45) is 0 Å². The molecule has 0 amide bonds. The van der Waals surface area contributed by atoms with E-state index in [0.29, 0.717) is 18.4 Å². The zero-order valence-corrected chi connectivity index (χ0v) is 11.2. The molecule has 0 saturated heterocycles. The van der Waals surface area contributed by atoms with Crippen molar-refractivity contribution >= 4 is 0 Å². The summed E-state index contributed by atoms with van der Waals surface area (Å²) in [5.74, 6) is -0.217. The molecule has 1 atom stereocenters. The largest absolute Gasteiger partial charge is 0.573 e. The van der Waals surface area contributed by atoms with Crippen LogP contribution < -0.4 is 4.74 Å². The summed E-state index contributed by atoms with van der Waals surface area (Å²) in [6, 6.07) is 15.0. The van der Waals surface area contributed by atoms with Crippen molar-refractivity contribution in [3.8, 4) is 5.75 Å². The van der Waals surface area contributed by atoms with Crippen molar-refractivity contribution in [3.05, 3.63) is 65.7 Å². The van der Waals surface area contributed by atoms with Gasteiger partial charge < -0.3 is 9.84 Å². The summed E-state index contributed by atoms with van der Waals surface area (Å²) in [4.78, 5) is 0. The van der Waals surface area contributed by atoms with E-state index in [9.17, 15) is 18.3 Å². The molecule has 2 aromatic rings. The standard InChI is InChI=1S/C16H15F3O2/c17-16(18,19)21-15-9-5-4-8-13(15)10-11-14(20)12-6-2-1-3-7-12/h1-9,14,20H,10-11H2. The lowest BCUT2D eigenvalue weighted by atomic mass is 10.0. The number of halogens is 3. The molecule has 112 valence electrons. The van der Waals surface area contributed by atoms with Crippen LogP contribution in [-0.2, 0) is 6.42 Å². The fraction of sp³-hybridized carbons (Fsp3) is 0.250. The maximum Gasteiger partial charge on any atom is 0.573 e. The maximum atomic E-state index is 12.3. The Morgan fingerprint density at radius 2 is 1.57 bits per heavy atom. The minimum Gasteiger partial charge on any atom is -0.406 e. The third-order valence-corrected chi connectivity index (χ3v) is 3.07. The van der Waals surface area contributed by atoms with Crippen LogP contribution in [0.4, 0.5) is 13.2 Å². The van der Waals surface area contributed by atoms with E-state index in [-0.39, 0.29) is 5.75 Å². The Morgan fingerprint density at radius 1 is 0.952 bits per heavy atom. The topological polar surface area (TPSA) is 29.5 Å². The second-order valence-corrected chi connectivity index (χ2v) is 4.62. The van der Waals surface area contributed by atoms with Crippen molar-refractivity contribution in [3.63, 3.8) is 0 Å². The van der Waals surface area contributed by atoms with Gasteiger partial charge in [0.2, 0.25) is 0 Å². The van der Waals surface area contributed by atoms with Crippen molar-refractivity contribution in [1.82, 2.24) is 0 Å². The first-order valence-corrected chi connectivity index (χ1v) is 6.52. The van der Waals surface area contributed by atoms with E-state index in [2.05, 4.69) is 4.74 Å². The van der Waals surface area contributed by atoms with Crippen LogP contribution in [0.15, 0.2) is 54.6 Å². The first kappa shape index (κ1) is 15.4. The summed E-state index contributed by atoms with van der Waals surface area (Å²) in [5, 5.41) is 10.0. The summed E-state index contributed by atoms with van der Waals surface area (Å²) in [5.41, 5.74) is 1.16. The lowest BCUT2D eigenvalue weighted by molar-refractivity contribution is -0.274. The number of hydrogen-bond donors (Lipinski definition) is 1. The third-order valence-electron chi connectivity index (χ3n) is 3.07. The predicted molar refractivity (Wildman–Crippen MR) is 72.8 cm³/mol. The molecule has 1 N–H and O–H groups in total.